The Labute approximate surface area is 118 Å². The van der Waals surface area contributed by atoms with Crippen molar-refractivity contribution in [3.8, 4) is 5.75 Å². The van der Waals surface area contributed by atoms with Crippen LogP contribution in [0.25, 0.3) is 0 Å². The Morgan fingerprint density at radius 2 is 2.05 bits per heavy atom. The topological polar surface area (TPSA) is 64.6 Å². The lowest BCUT2D eigenvalue weighted by atomic mass is 10.0. The van der Waals surface area contributed by atoms with E-state index in [1.807, 2.05) is 38.1 Å². The van der Waals surface area contributed by atoms with Crippen molar-refractivity contribution in [1.82, 2.24) is 5.32 Å². The molecule has 0 unspecified atom stereocenters. The zero-order chi connectivity index (χ0) is 14.7. The van der Waals surface area contributed by atoms with Gasteiger partial charge in [-0.15, -0.1) is 0 Å². The maximum Gasteiger partial charge on any atom is 0.328 e. The van der Waals surface area contributed by atoms with Crippen LogP contribution >= 0.6 is 0 Å². The van der Waals surface area contributed by atoms with Crippen LogP contribution in [0.5, 0.6) is 5.75 Å². The summed E-state index contributed by atoms with van der Waals surface area (Å²) in [5.41, 5.74) is 1.01. The molecule has 0 saturated carbocycles. The van der Waals surface area contributed by atoms with Gasteiger partial charge in [0.15, 0.2) is 6.10 Å². The smallest absolute Gasteiger partial charge is 0.328 e. The van der Waals surface area contributed by atoms with Crippen LogP contribution in [0.1, 0.15) is 19.4 Å². The second-order valence-electron chi connectivity index (χ2n) is 5.17. The highest BCUT2D eigenvalue weighted by Crippen LogP contribution is 2.28. The first-order valence-corrected chi connectivity index (χ1v) is 6.65. The van der Waals surface area contributed by atoms with E-state index in [1.54, 1.807) is 0 Å². The number of para-hydroxylation sites is 1. The number of fused-ring (bicyclic) bond motifs is 1. The lowest BCUT2D eigenvalue weighted by molar-refractivity contribution is -0.147. The number of carbonyl (C=O) groups excluding carboxylic acids is 2. The van der Waals surface area contributed by atoms with Crippen molar-refractivity contribution in [1.29, 1.82) is 0 Å². The highest BCUT2D eigenvalue weighted by molar-refractivity contribution is 5.88. The van der Waals surface area contributed by atoms with E-state index in [1.165, 1.54) is 7.11 Å². The number of amides is 1. The Morgan fingerprint density at radius 3 is 2.65 bits per heavy atom. The largest absolute Gasteiger partial charge is 0.480 e. The molecule has 0 spiro atoms. The lowest BCUT2D eigenvalue weighted by Gasteiger charge is -2.21. The zero-order valence-corrected chi connectivity index (χ0v) is 11.9. The van der Waals surface area contributed by atoms with E-state index >= 15 is 0 Å². The third-order valence-corrected chi connectivity index (χ3v) is 3.36. The number of carbonyl (C=O) groups is 2. The van der Waals surface area contributed by atoms with Crippen LogP contribution in [0.15, 0.2) is 24.3 Å². The molecule has 20 heavy (non-hydrogen) atoms. The fraction of sp³-hybridized carbons (Fsp3) is 0.467. The summed E-state index contributed by atoms with van der Waals surface area (Å²) in [7, 11) is 1.31. The minimum absolute atomic E-state index is 0.0461. The lowest BCUT2D eigenvalue weighted by Crippen LogP contribution is -2.49. The molecule has 108 valence electrons. The molecule has 0 fully saturated rings. The number of methoxy groups -OCH3 is 1. The molecule has 0 radical (unpaired) electrons. The molecule has 1 amide bonds. The first kappa shape index (κ1) is 14.4. The molecule has 1 heterocycles. The van der Waals surface area contributed by atoms with Crippen LogP contribution in [-0.4, -0.2) is 31.1 Å². The monoisotopic (exact) mass is 277 g/mol. The second kappa shape index (κ2) is 5.94. The Balaban J connectivity index is 2.01. The normalized spacial score (nSPS) is 18.1. The summed E-state index contributed by atoms with van der Waals surface area (Å²) in [6.45, 7) is 3.71. The molecule has 1 aliphatic rings. The van der Waals surface area contributed by atoms with E-state index < -0.39 is 18.1 Å². The number of benzene rings is 1. The maximum atomic E-state index is 12.2. The fourth-order valence-electron chi connectivity index (χ4n) is 2.20. The van der Waals surface area contributed by atoms with Gasteiger partial charge in [0.05, 0.1) is 7.11 Å². The molecular weight excluding hydrogens is 258 g/mol. The molecule has 2 rings (SSSR count). The molecule has 2 atom stereocenters. The van der Waals surface area contributed by atoms with Gasteiger partial charge in [0, 0.05) is 6.42 Å². The predicted molar refractivity (Wildman–Crippen MR) is 73.3 cm³/mol. The third kappa shape index (κ3) is 2.92. The summed E-state index contributed by atoms with van der Waals surface area (Å²) >= 11 is 0. The van der Waals surface area contributed by atoms with Gasteiger partial charge in [-0.3, -0.25) is 4.79 Å². The van der Waals surface area contributed by atoms with Crippen LogP contribution in [0.4, 0.5) is 0 Å². The number of hydrogen-bond donors (Lipinski definition) is 1. The van der Waals surface area contributed by atoms with Gasteiger partial charge in [0.1, 0.15) is 11.8 Å². The number of nitrogens with one attached hydrogen (secondary N) is 1. The van der Waals surface area contributed by atoms with Crippen LogP contribution in [0.2, 0.25) is 0 Å². The van der Waals surface area contributed by atoms with E-state index in [4.69, 9.17) is 9.47 Å². The van der Waals surface area contributed by atoms with Gasteiger partial charge in [0.2, 0.25) is 0 Å². The molecule has 5 nitrogen and oxygen atoms in total. The Kier molecular flexibility index (Phi) is 4.27. The average molecular weight is 277 g/mol. The third-order valence-electron chi connectivity index (χ3n) is 3.36. The van der Waals surface area contributed by atoms with E-state index in [9.17, 15) is 9.59 Å². The summed E-state index contributed by atoms with van der Waals surface area (Å²) in [6.07, 6.45) is -0.0631. The minimum Gasteiger partial charge on any atom is -0.480 e. The molecule has 1 N–H and O–H groups in total. The molecular formula is C15H19NO4. The summed E-state index contributed by atoms with van der Waals surface area (Å²) in [4.78, 5) is 23.8. The van der Waals surface area contributed by atoms with Crippen LogP contribution in [-0.2, 0) is 20.7 Å². The van der Waals surface area contributed by atoms with Crippen molar-refractivity contribution in [3.63, 3.8) is 0 Å². The molecule has 1 aliphatic heterocycles. The quantitative estimate of drug-likeness (QED) is 0.843. The number of ether oxygens (including phenoxy) is 2. The minimum atomic E-state index is -0.653. The highest BCUT2D eigenvalue weighted by Gasteiger charge is 2.33. The summed E-state index contributed by atoms with van der Waals surface area (Å²) < 4.78 is 10.3. The Bertz CT molecular complexity index is 487. The molecule has 0 aliphatic carbocycles. The molecule has 0 aromatic heterocycles. The van der Waals surface area contributed by atoms with Gasteiger partial charge in [-0.2, -0.15) is 0 Å². The second-order valence-corrected chi connectivity index (χ2v) is 5.17. The van der Waals surface area contributed by atoms with E-state index in [2.05, 4.69) is 5.32 Å². The van der Waals surface area contributed by atoms with Gasteiger partial charge in [-0.25, -0.2) is 4.79 Å². The molecule has 0 saturated heterocycles. The predicted octanol–water partition coefficient (Wildman–Crippen LogP) is 1.30. The molecule has 0 bridgehead atoms. The molecule has 5 heteroatoms. The van der Waals surface area contributed by atoms with E-state index in [0.29, 0.717) is 6.42 Å². The zero-order valence-electron chi connectivity index (χ0n) is 11.9. The molecule has 1 aromatic rings. The maximum absolute atomic E-state index is 12.2. The molecule has 1 aromatic carbocycles. The van der Waals surface area contributed by atoms with Gasteiger partial charge >= 0.3 is 5.97 Å². The van der Waals surface area contributed by atoms with Crippen LogP contribution in [0.3, 0.4) is 0 Å². The summed E-state index contributed by atoms with van der Waals surface area (Å²) in [6, 6.07) is 6.89. The van der Waals surface area contributed by atoms with Crippen LogP contribution < -0.4 is 10.1 Å². The van der Waals surface area contributed by atoms with Crippen molar-refractivity contribution in [2.75, 3.05) is 7.11 Å². The number of hydrogen-bond acceptors (Lipinski definition) is 4. The first-order chi connectivity index (χ1) is 9.52. The van der Waals surface area contributed by atoms with Gasteiger partial charge in [0.25, 0.3) is 5.91 Å². The Hall–Kier alpha value is -2.04. The summed E-state index contributed by atoms with van der Waals surface area (Å²) in [5, 5.41) is 2.71. The van der Waals surface area contributed by atoms with E-state index in [0.717, 1.165) is 11.3 Å². The van der Waals surface area contributed by atoms with Crippen molar-refractivity contribution >= 4 is 11.9 Å². The standard InChI is InChI=1S/C15H19NO4/c1-9(2)13(15(18)19-3)16-14(17)12-8-10-6-4-5-7-11(10)20-12/h4-7,9,12-13H,8H2,1-3H3,(H,16,17)/t12-,13+/m1/s1. The van der Waals surface area contributed by atoms with Crippen molar-refractivity contribution in [2.45, 2.75) is 32.4 Å². The average Bonchev–Trinajstić information content (AvgIpc) is 2.87. The summed E-state index contributed by atoms with van der Waals surface area (Å²) in [5.74, 6) is -0.0452. The van der Waals surface area contributed by atoms with Crippen LogP contribution in [0, 0.1) is 5.92 Å². The fourth-order valence-corrected chi connectivity index (χ4v) is 2.20. The highest BCUT2D eigenvalue weighted by atomic mass is 16.5. The van der Waals surface area contributed by atoms with Crippen molar-refractivity contribution in [3.05, 3.63) is 29.8 Å². The van der Waals surface area contributed by atoms with Gasteiger partial charge in [-0.1, -0.05) is 32.0 Å². The SMILES string of the molecule is COC(=O)[C@@H](NC(=O)[C@H]1Cc2ccccc2O1)C(C)C. The number of rotatable bonds is 4. The van der Waals surface area contributed by atoms with Gasteiger partial charge < -0.3 is 14.8 Å². The van der Waals surface area contributed by atoms with Crippen molar-refractivity contribution < 1.29 is 19.1 Å². The van der Waals surface area contributed by atoms with Crippen molar-refractivity contribution in [2.24, 2.45) is 5.92 Å². The van der Waals surface area contributed by atoms with E-state index in [-0.39, 0.29) is 11.8 Å². The number of esters is 1. The Morgan fingerprint density at radius 1 is 1.35 bits per heavy atom. The first-order valence-electron chi connectivity index (χ1n) is 6.65. The van der Waals surface area contributed by atoms with Gasteiger partial charge in [-0.05, 0) is 17.5 Å².